The number of anilines is 2. The minimum Gasteiger partial charge on any atom is -0.399 e. The Balaban J connectivity index is 2.93. The van der Waals surface area contributed by atoms with E-state index in [4.69, 9.17) is 5.73 Å². The van der Waals surface area contributed by atoms with Crippen LogP contribution in [0.15, 0.2) is 48.7 Å². The van der Waals surface area contributed by atoms with Gasteiger partial charge in [0.15, 0.2) is 0 Å². The van der Waals surface area contributed by atoms with Crippen LogP contribution in [0.4, 0.5) is 11.4 Å². The second-order valence-corrected chi connectivity index (χ2v) is 4.82. The summed E-state index contributed by atoms with van der Waals surface area (Å²) in [6.45, 7) is 10.2. The molecule has 2 heteroatoms. The molecule has 0 aromatic heterocycles. The average Bonchev–Trinajstić information content (AvgIpc) is 2.16. The number of hydrogen-bond acceptors (Lipinski definition) is 2. The summed E-state index contributed by atoms with van der Waals surface area (Å²) in [6.07, 6.45) is 3.78. The van der Waals surface area contributed by atoms with E-state index in [-0.39, 0.29) is 5.41 Å². The first kappa shape index (κ1) is 12.4. The number of hydrogen-bond donors (Lipinski definition) is 2. The summed E-state index contributed by atoms with van der Waals surface area (Å²) in [6, 6.07) is 7.73. The monoisotopic (exact) mass is 216 g/mol. The van der Waals surface area contributed by atoms with E-state index in [9.17, 15) is 0 Å². The molecule has 3 N–H and O–H groups in total. The van der Waals surface area contributed by atoms with E-state index in [0.29, 0.717) is 0 Å². The van der Waals surface area contributed by atoms with Crippen molar-refractivity contribution in [3.63, 3.8) is 0 Å². The molecule has 0 aliphatic heterocycles. The van der Waals surface area contributed by atoms with Gasteiger partial charge in [-0.15, -0.1) is 0 Å². The maximum absolute atomic E-state index is 5.74. The Hall–Kier alpha value is -1.70. The fourth-order valence-corrected chi connectivity index (χ4v) is 1.37. The standard InChI is InChI=1S/C14H20N2/c1-5-7-13(14(2,3)4)16-12-9-6-8-11(15)10-12/h5-10,16H,1,15H2,2-4H3/b13-7+. The number of benzene rings is 1. The van der Waals surface area contributed by atoms with Crippen molar-refractivity contribution in [2.24, 2.45) is 5.41 Å². The highest BCUT2D eigenvalue weighted by molar-refractivity contribution is 5.57. The first-order chi connectivity index (χ1) is 7.43. The topological polar surface area (TPSA) is 38.0 Å². The van der Waals surface area contributed by atoms with E-state index < -0.39 is 0 Å². The number of nitrogen functional groups attached to an aromatic ring is 1. The Morgan fingerprint density at radius 1 is 1.38 bits per heavy atom. The Bertz CT molecular complexity index is 397. The largest absolute Gasteiger partial charge is 0.399 e. The summed E-state index contributed by atoms with van der Waals surface area (Å²) in [5, 5.41) is 3.37. The summed E-state index contributed by atoms with van der Waals surface area (Å²) >= 11 is 0. The Labute approximate surface area is 97.9 Å². The molecule has 0 aliphatic rings. The van der Waals surface area contributed by atoms with Crippen molar-refractivity contribution in [2.75, 3.05) is 11.1 Å². The maximum Gasteiger partial charge on any atom is 0.0402 e. The van der Waals surface area contributed by atoms with Crippen molar-refractivity contribution in [1.29, 1.82) is 0 Å². The maximum atomic E-state index is 5.74. The third-order valence-electron chi connectivity index (χ3n) is 2.26. The number of allylic oxidation sites excluding steroid dienone is 3. The predicted octanol–water partition coefficient (Wildman–Crippen LogP) is 3.80. The van der Waals surface area contributed by atoms with Crippen LogP contribution in [0.1, 0.15) is 20.8 Å². The minimum absolute atomic E-state index is 0.0544. The van der Waals surface area contributed by atoms with E-state index in [1.807, 2.05) is 30.3 Å². The third-order valence-corrected chi connectivity index (χ3v) is 2.26. The molecule has 0 fully saturated rings. The number of nitrogens with two attached hydrogens (primary N) is 1. The summed E-state index contributed by atoms with van der Waals surface area (Å²) in [5.74, 6) is 0. The molecular formula is C14H20N2. The van der Waals surface area contributed by atoms with Crippen molar-refractivity contribution < 1.29 is 0 Å². The fraction of sp³-hybridized carbons (Fsp3) is 0.286. The van der Waals surface area contributed by atoms with Gasteiger partial charge in [-0.3, -0.25) is 0 Å². The molecule has 16 heavy (non-hydrogen) atoms. The molecule has 1 rings (SSSR count). The van der Waals surface area contributed by atoms with Crippen LogP contribution in [0, 0.1) is 5.41 Å². The zero-order chi connectivity index (χ0) is 12.2. The molecule has 2 nitrogen and oxygen atoms in total. The van der Waals surface area contributed by atoms with E-state index in [0.717, 1.165) is 17.1 Å². The smallest absolute Gasteiger partial charge is 0.0402 e. The molecule has 0 atom stereocenters. The van der Waals surface area contributed by atoms with Gasteiger partial charge in [-0.1, -0.05) is 39.5 Å². The molecule has 1 aromatic rings. The Morgan fingerprint density at radius 3 is 2.56 bits per heavy atom. The summed E-state index contributed by atoms with van der Waals surface area (Å²) < 4.78 is 0. The highest BCUT2D eigenvalue weighted by Crippen LogP contribution is 2.27. The van der Waals surface area contributed by atoms with Crippen LogP contribution in [0.5, 0.6) is 0 Å². The van der Waals surface area contributed by atoms with E-state index in [1.165, 1.54) is 0 Å². The van der Waals surface area contributed by atoms with Gasteiger partial charge in [0.2, 0.25) is 0 Å². The molecule has 86 valence electrons. The van der Waals surface area contributed by atoms with Gasteiger partial charge in [-0.25, -0.2) is 0 Å². The van der Waals surface area contributed by atoms with Crippen LogP contribution >= 0.6 is 0 Å². The lowest BCUT2D eigenvalue weighted by atomic mass is 9.91. The van der Waals surface area contributed by atoms with Crippen LogP contribution in [0.25, 0.3) is 0 Å². The minimum atomic E-state index is 0.0544. The van der Waals surface area contributed by atoms with Gasteiger partial charge in [0.1, 0.15) is 0 Å². The molecule has 0 bridgehead atoms. The Morgan fingerprint density at radius 2 is 2.06 bits per heavy atom. The zero-order valence-corrected chi connectivity index (χ0v) is 10.2. The molecule has 0 unspecified atom stereocenters. The van der Waals surface area contributed by atoms with Crippen LogP contribution in [0.2, 0.25) is 0 Å². The third kappa shape index (κ3) is 3.46. The lowest BCUT2D eigenvalue weighted by molar-refractivity contribution is 0.508. The second-order valence-electron chi connectivity index (χ2n) is 4.82. The highest BCUT2D eigenvalue weighted by atomic mass is 14.9. The lowest BCUT2D eigenvalue weighted by Crippen LogP contribution is -2.16. The van der Waals surface area contributed by atoms with E-state index in [2.05, 4.69) is 32.7 Å². The van der Waals surface area contributed by atoms with Gasteiger partial charge >= 0.3 is 0 Å². The summed E-state index contributed by atoms with van der Waals surface area (Å²) in [5.41, 5.74) is 8.67. The van der Waals surface area contributed by atoms with Gasteiger partial charge in [-0.05, 0) is 24.3 Å². The summed E-state index contributed by atoms with van der Waals surface area (Å²) in [7, 11) is 0. The molecule has 0 spiro atoms. The summed E-state index contributed by atoms with van der Waals surface area (Å²) in [4.78, 5) is 0. The molecular weight excluding hydrogens is 196 g/mol. The van der Waals surface area contributed by atoms with Gasteiger partial charge in [0.25, 0.3) is 0 Å². The molecule has 0 heterocycles. The zero-order valence-electron chi connectivity index (χ0n) is 10.2. The quantitative estimate of drug-likeness (QED) is 0.596. The second kappa shape index (κ2) is 4.88. The van der Waals surface area contributed by atoms with Gasteiger partial charge < -0.3 is 11.1 Å². The van der Waals surface area contributed by atoms with Gasteiger partial charge in [0, 0.05) is 22.5 Å². The van der Waals surface area contributed by atoms with Crippen LogP contribution in [0.3, 0.4) is 0 Å². The number of nitrogens with one attached hydrogen (secondary N) is 1. The first-order valence-corrected chi connectivity index (χ1v) is 5.39. The van der Waals surface area contributed by atoms with Gasteiger partial charge in [0.05, 0.1) is 0 Å². The molecule has 0 saturated heterocycles. The molecule has 0 saturated carbocycles. The van der Waals surface area contributed by atoms with E-state index in [1.54, 1.807) is 6.08 Å². The highest BCUT2D eigenvalue weighted by Gasteiger charge is 2.16. The molecule has 1 aromatic carbocycles. The van der Waals surface area contributed by atoms with Crippen molar-refractivity contribution >= 4 is 11.4 Å². The van der Waals surface area contributed by atoms with Crippen molar-refractivity contribution in [3.05, 3.63) is 48.7 Å². The predicted molar refractivity (Wildman–Crippen MR) is 72.2 cm³/mol. The molecule has 0 radical (unpaired) electrons. The average molecular weight is 216 g/mol. The SMILES string of the molecule is C=C/C=C(/Nc1cccc(N)c1)C(C)(C)C. The number of rotatable bonds is 3. The molecule has 0 aliphatic carbocycles. The Kier molecular flexibility index (Phi) is 3.78. The molecule has 0 amide bonds. The normalized spacial score (nSPS) is 12.3. The van der Waals surface area contributed by atoms with Crippen molar-refractivity contribution in [3.8, 4) is 0 Å². The van der Waals surface area contributed by atoms with Crippen LogP contribution < -0.4 is 11.1 Å². The van der Waals surface area contributed by atoms with Crippen LogP contribution in [-0.2, 0) is 0 Å². The van der Waals surface area contributed by atoms with Gasteiger partial charge in [-0.2, -0.15) is 0 Å². The lowest BCUT2D eigenvalue weighted by Gasteiger charge is -2.24. The fourth-order valence-electron chi connectivity index (χ4n) is 1.37. The van der Waals surface area contributed by atoms with Crippen molar-refractivity contribution in [2.45, 2.75) is 20.8 Å². The van der Waals surface area contributed by atoms with Crippen molar-refractivity contribution in [1.82, 2.24) is 0 Å². The first-order valence-electron chi connectivity index (χ1n) is 5.39. The van der Waals surface area contributed by atoms with Crippen LogP contribution in [-0.4, -0.2) is 0 Å². The van der Waals surface area contributed by atoms with E-state index >= 15 is 0 Å².